The molecule has 0 aromatic heterocycles. The molecular weight excluding hydrogens is 412 g/mol. The number of anilines is 3. The van der Waals surface area contributed by atoms with Gasteiger partial charge in [0.15, 0.2) is 0 Å². The van der Waals surface area contributed by atoms with E-state index in [1.807, 2.05) is 0 Å². The van der Waals surface area contributed by atoms with Gasteiger partial charge in [-0.15, -0.1) is 0 Å². The van der Waals surface area contributed by atoms with E-state index in [0.29, 0.717) is 0 Å². The summed E-state index contributed by atoms with van der Waals surface area (Å²) in [6.45, 7) is 14.4. The zero-order valence-electron chi connectivity index (χ0n) is 20.8. The summed E-state index contributed by atoms with van der Waals surface area (Å²) in [7, 11) is 0. The van der Waals surface area contributed by atoms with Crippen molar-refractivity contribution in [2.45, 2.75) is 46.1 Å². The number of benzene rings is 3. The molecule has 0 atom stereocenters. The molecule has 0 saturated heterocycles. The zero-order chi connectivity index (χ0) is 23.9. The van der Waals surface area contributed by atoms with Gasteiger partial charge in [0.2, 0.25) is 0 Å². The van der Waals surface area contributed by atoms with Crippen LogP contribution in [0.1, 0.15) is 48.9 Å². The van der Waals surface area contributed by atoms with Crippen molar-refractivity contribution in [3.63, 3.8) is 0 Å². The lowest BCUT2D eigenvalue weighted by atomic mass is 9.73. The van der Waals surface area contributed by atoms with Crippen LogP contribution in [0.5, 0.6) is 0 Å². The van der Waals surface area contributed by atoms with Gasteiger partial charge in [0.1, 0.15) is 0 Å². The van der Waals surface area contributed by atoms with Gasteiger partial charge in [0.05, 0.1) is 5.54 Å². The summed E-state index contributed by atoms with van der Waals surface area (Å²) in [4.78, 5) is 4.93. The molecule has 0 saturated carbocycles. The minimum atomic E-state index is -0.0291. The van der Waals surface area contributed by atoms with Crippen LogP contribution in [0, 0.1) is 13.8 Å². The van der Waals surface area contributed by atoms with E-state index in [0.717, 1.165) is 36.4 Å². The van der Waals surface area contributed by atoms with Crippen LogP contribution in [-0.4, -0.2) is 17.0 Å². The lowest BCUT2D eigenvalue weighted by molar-refractivity contribution is 0.220. The van der Waals surface area contributed by atoms with Crippen LogP contribution in [-0.2, 0) is 0 Å². The van der Waals surface area contributed by atoms with Gasteiger partial charge in [0, 0.05) is 34.9 Å². The van der Waals surface area contributed by atoms with Crippen molar-refractivity contribution < 1.29 is 0 Å². The summed E-state index contributed by atoms with van der Waals surface area (Å²) in [6, 6.07) is 24.5. The van der Waals surface area contributed by atoms with Crippen LogP contribution in [0.25, 0.3) is 11.3 Å². The second-order valence-electron chi connectivity index (χ2n) is 9.54. The lowest BCUT2D eigenvalue weighted by Gasteiger charge is -2.52. The monoisotopic (exact) mass is 446 g/mol. The summed E-state index contributed by atoms with van der Waals surface area (Å²) in [5, 5.41) is 0. The minimum Gasteiger partial charge on any atom is -0.358 e. The fourth-order valence-electron chi connectivity index (χ4n) is 5.61. The summed E-state index contributed by atoms with van der Waals surface area (Å²) in [6.07, 6.45) is 8.84. The number of nitrogens with zero attached hydrogens (tertiary/aromatic N) is 2. The van der Waals surface area contributed by atoms with E-state index in [4.69, 9.17) is 0 Å². The Hall–Kier alpha value is -3.52. The molecule has 172 valence electrons. The number of hydrogen-bond acceptors (Lipinski definition) is 2. The number of aryl methyl sites for hydroxylation is 2. The van der Waals surface area contributed by atoms with E-state index in [9.17, 15) is 0 Å². The molecule has 2 aliphatic rings. The SMILES string of the molecule is C=C1c2ccc(N(c3ccc(C)cc3)c3ccc(C)cc3)cc2C2=CC=CCN2C1(CC)CC. The number of fused-ring (bicyclic) bond motifs is 3. The molecule has 2 nitrogen and oxygen atoms in total. The van der Waals surface area contributed by atoms with Gasteiger partial charge in [-0.1, -0.05) is 74.0 Å². The van der Waals surface area contributed by atoms with Gasteiger partial charge in [-0.3, -0.25) is 0 Å². The van der Waals surface area contributed by atoms with E-state index in [1.165, 1.54) is 33.5 Å². The van der Waals surface area contributed by atoms with Crippen LogP contribution in [0.15, 0.2) is 91.5 Å². The molecule has 2 heteroatoms. The van der Waals surface area contributed by atoms with Crippen molar-refractivity contribution in [1.29, 1.82) is 0 Å². The van der Waals surface area contributed by atoms with Crippen molar-refractivity contribution >= 4 is 28.3 Å². The predicted molar refractivity (Wildman–Crippen MR) is 147 cm³/mol. The first-order valence-corrected chi connectivity index (χ1v) is 12.4. The quantitative estimate of drug-likeness (QED) is 0.387. The normalized spacial score (nSPS) is 16.1. The third kappa shape index (κ3) is 3.49. The van der Waals surface area contributed by atoms with E-state index in [-0.39, 0.29) is 5.54 Å². The second-order valence-corrected chi connectivity index (χ2v) is 9.54. The third-order valence-electron chi connectivity index (χ3n) is 7.66. The first-order valence-electron chi connectivity index (χ1n) is 12.4. The predicted octanol–water partition coefficient (Wildman–Crippen LogP) is 8.57. The van der Waals surface area contributed by atoms with Crippen LogP contribution in [0.4, 0.5) is 17.1 Å². The molecule has 3 aromatic rings. The first kappa shape index (κ1) is 22.3. The van der Waals surface area contributed by atoms with Crippen molar-refractivity contribution in [3.05, 3.63) is 114 Å². The van der Waals surface area contributed by atoms with Crippen LogP contribution >= 0.6 is 0 Å². The Bertz CT molecular complexity index is 1230. The van der Waals surface area contributed by atoms with Gasteiger partial charge in [0.25, 0.3) is 0 Å². The lowest BCUT2D eigenvalue weighted by Crippen LogP contribution is -2.50. The maximum atomic E-state index is 4.65. The average Bonchev–Trinajstić information content (AvgIpc) is 2.87. The fraction of sp³-hybridized carbons (Fsp3) is 0.250. The minimum absolute atomic E-state index is 0.0291. The topological polar surface area (TPSA) is 6.48 Å². The van der Waals surface area contributed by atoms with E-state index in [1.54, 1.807) is 0 Å². The van der Waals surface area contributed by atoms with Gasteiger partial charge in [-0.05, 0) is 80.3 Å². The molecule has 0 unspecified atom stereocenters. The largest absolute Gasteiger partial charge is 0.358 e. The molecule has 0 N–H and O–H groups in total. The zero-order valence-corrected chi connectivity index (χ0v) is 20.8. The molecule has 0 aliphatic carbocycles. The Morgan fingerprint density at radius 3 is 1.91 bits per heavy atom. The summed E-state index contributed by atoms with van der Waals surface area (Å²) < 4.78 is 0. The molecule has 3 aromatic carbocycles. The Balaban J connectivity index is 1.70. The fourth-order valence-corrected chi connectivity index (χ4v) is 5.61. The van der Waals surface area contributed by atoms with Crippen molar-refractivity contribution in [2.24, 2.45) is 0 Å². The van der Waals surface area contributed by atoms with Crippen molar-refractivity contribution in [3.8, 4) is 0 Å². The van der Waals surface area contributed by atoms with Crippen molar-refractivity contribution in [1.82, 2.24) is 4.90 Å². The molecule has 2 heterocycles. The Morgan fingerprint density at radius 1 is 0.794 bits per heavy atom. The molecular formula is C32H34N2. The van der Waals surface area contributed by atoms with Crippen molar-refractivity contribution in [2.75, 3.05) is 11.4 Å². The molecule has 0 bridgehead atoms. The standard InChI is InChI=1S/C32H34N2/c1-6-32(7-2)25(5)29-20-19-28(22-30(29)31-10-8-9-21-33(31)32)34(26-15-11-23(3)12-16-26)27-17-13-24(4)14-18-27/h8-20,22H,5-7,21H2,1-4H3. The maximum absolute atomic E-state index is 4.65. The molecule has 0 spiro atoms. The molecule has 0 fully saturated rings. The number of allylic oxidation sites excluding steroid dienone is 2. The first-order chi connectivity index (χ1) is 16.5. The Labute approximate surface area is 204 Å². The van der Waals surface area contributed by atoms with E-state index >= 15 is 0 Å². The molecule has 5 rings (SSSR count). The molecule has 0 radical (unpaired) electrons. The Kier molecular flexibility index (Phi) is 5.69. The summed E-state index contributed by atoms with van der Waals surface area (Å²) >= 11 is 0. The van der Waals surface area contributed by atoms with Crippen LogP contribution in [0.3, 0.4) is 0 Å². The number of rotatable bonds is 5. The Morgan fingerprint density at radius 2 is 1.35 bits per heavy atom. The summed E-state index contributed by atoms with van der Waals surface area (Å²) in [5.41, 5.74) is 11.1. The highest BCUT2D eigenvalue weighted by Crippen LogP contribution is 2.50. The molecule has 2 aliphatic heterocycles. The van der Waals surface area contributed by atoms with Gasteiger partial charge in [-0.25, -0.2) is 0 Å². The second kappa shape index (κ2) is 8.68. The van der Waals surface area contributed by atoms with E-state index in [2.05, 4.69) is 129 Å². The highest BCUT2D eigenvalue weighted by Gasteiger charge is 2.43. The van der Waals surface area contributed by atoms with Crippen LogP contribution < -0.4 is 4.90 Å². The van der Waals surface area contributed by atoms with Gasteiger partial charge < -0.3 is 9.80 Å². The average molecular weight is 447 g/mol. The maximum Gasteiger partial charge on any atom is 0.0652 e. The van der Waals surface area contributed by atoms with Gasteiger partial charge in [-0.2, -0.15) is 0 Å². The smallest absolute Gasteiger partial charge is 0.0652 e. The third-order valence-corrected chi connectivity index (χ3v) is 7.66. The number of hydrogen-bond donors (Lipinski definition) is 0. The highest BCUT2D eigenvalue weighted by molar-refractivity contribution is 5.91. The van der Waals surface area contributed by atoms with Gasteiger partial charge >= 0.3 is 0 Å². The molecule has 34 heavy (non-hydrogen) atoms. The summed E-state index contributed by atoms with van der Waals surface area (Å²) in [5.74, 6) is 0. The highest BCUT2D eigenvalue weighted by atomic mass is 15.2. The van der Waals surface area contributed by atoms with Crippen LogP contribution in [0.2, 0.25) is 0 Å². The van der Waals surface area contributed by atoms with E-state index < -0.39 is 0 Å². The molecule has 0 amide bonds.